The average molecular weight is 305 g/mol. The van der Waals surface area contributed by atoms with Gasteiger partial charge in [-0.05, 0) is 12.6 Å². The molecular formula is C11H14Cl2N4S. The number of halogens is 2. The predicted octanol–water partition coefficient (Wildman–Crippen LogP) is 3.08. The van der Waals surface area contributed by atoms with Crippen LogP contribution in [0.15, 0.2) is 12.4 Å². The van der Waals surface area contributed by atoms with Gasteiger partial charge in [-0.25, -0.2) is 4.98 Å². The molecule has 1 unspecified atom stereocenters. The Morgan fingerprint density at radius 2 is 2.28 bits per heavy atom. The first kappa shape index (κ1) is 13.8. The Balaban J connectivity index is 2.23. The van der Waals surface area contributed by atoms with E-state index in [-0.39, 0.29) is 6.04 Å². The Hall–Kier alpha value is -0.620. The van der Waals surface area contributed by atoms with Crippen molar-refractivity contribution in [2.24, 2.45) is 7.05 Å². The standard InChI is InChI=1S/C11H14Cl2N4S/c1-3-14-8(5-10-15-6-16-17(10)2)7-4-9(12)18-11(7)13/h4,6,8,14H,3,5H2,1-2H3. The number of likely N-dealkylation sites (N-methyl/N-ethyl adjacent to an activating group) is 1. The van der Waals surface area contributed by atoms with Crippen molar-refractivity contribution < 1.29 is 0 Å². The van der Waals surface area contributed by atoms with Crippen molar-refractivity contribution in [2.45, 2.75) is 19.4 Å². The van der Waals surface area contributed by atoms with Crippen LogP contribution in [0.4, 0.5) is 0 Å². The molecule has 0 radical (unpaired) electrons. The van der Waals surface area contributed by atoms with Gasteiger partial charge in [-0.1, -0.05) is 30.1 Å². The number of hydrogen-bond acceptors (Lipinski definition) is 4. The molecule has 0 aliphatic heterocycles. The lowest BCUT2D eigenvalue weighted by Crippen LogP contribution is -2.24. The van der Waals surface area contributed by atoms with Crippen LogP contribution in [0.25, 0.3) is 0 Å². The molecule has 0 saturated heterocycles. The summed E-state index contributed by atoms with van der Waals surface area (Å²) in [6.07, 6.45) is 2.29. The Labute approximate surface area is 120 Å². The number of aryl methyl sites for hydroxylation is 1. The zero-order valence-corrected chi connectivity index (χ0v) is 12.5. The zero-order chi connectivity index (χ0) is 13.1. The van der Waals surface area contributed by atoms with Crippen molar-refractivity contribution in [2.75, 3.05) is 6.54 Å². The molecule has 18 heavy (non-hydrogen) atoms. The summed E-state index contributed by atoms with van der Waals surface area (Å²) in [5.74, 6) is 0.916. The van der Waals surface area contributed by atoms with Crippen LogP contribution in [0.5, 0.6) is 0 Å². The third-order valence-electron chi connectivity index (χ3n) is 2.70. The minimum atomic E-state index is 0.106. The molecule has 0 aromatic carbocycles. The molecule has 0 amide bonds. The smallest absolute Gasteiger partial charge is 0.138 e. The summed E-state index contributed by atoms with van der Waals surface area (Å²) in [5.41, 5.74) is 1.02. The van der Waals surface area contributed by atoms with E-state index in [9.17, 15) is 0 Å². The van der Waals surface area contributed by atoms with Crippen molar-refractivity contribution in [3.05, 3.63) is 32.5 Å². The Kier molecular flexibility index (Phi) is 4.61. The second-order valence-electron chi connectivity index (χ2n) is 3.89. The van der Waals surface area contributed by atoms with Crippen molar-refractivity contribution in [1.29, 1.82) is 0 Å². The SMILES string of the molecule is CCNC(Cc1ncnn1C)c1cc(Cl)sc1Cl. The number of thiophene rings is 1. The van der Waals surface area contributed by atoms with Crippen LogP contribution in [0.3, 0.4) is 0 Å². The first-order chi connectivity index (χ1) is 8.61. The number of nitrogens with zero attached hydrogens (tertiary/aromatic N) is 3. The Morgan fingerprint density at radius 3 is 2.78 bits per heavy atom. The number of nitrogens with one attached hydrogen (secondary N) is 1. The molecule has 1 atom stereocenters. The van der Waals surface area contributed by atoms with Crippen LogP contribution < -0.4 is 5.32 Å². The fraction of sp³-hybridized carbons (Fsp3) is 0.455. The van der Waals surface area contributed by atoms with E-state index in [4.69, 9.17) is 23.2 Å². The highest BCUT2D eigenvalue weighted by atomic mass is 35.5. The van der Waals surface area contributed by atoms with Crippen molar-refractivity contribution in [1.82, 2.24) is 20.1 Å². The maximum absolute atomic E-state index is 6.21. The van der Waals surface area contributed by atoms with Gasteiger partial charge in [0.2, 0.25) is 0 Å². The lowest BCUT2D eigenvalue weighted by Gasteiger charge is -2.16. The molecule has 2 rings (SSSR count). The van der Waals surface area contributed by atoms with Gasteiger partial charge in [-0.15, -0.1) is 11.3 Å². The van der Waals surface area contributed by atoms with Gasteiger partial charge in [0.25, 0.3) is 0 Å². The van der Waals surface area contributed by atoms with Crippen molar-refractivity contribution in [3.63, 3.8) is 0 Å². The third-order valence-corrected chi connectivity index (χ3v) is 4.22. The summed E-state index contributed by atoms with van der Waals surface area (Å²) in [5, 5.41) is 7.47. The zero-order valence-electron chi connectivity index (χ0n) is 10.2. The van der Waals surface area contributed by atoms with Gasteiger partial charge in [0.1, 0.15) is 12.2 Å². The highest BCUT2D eigenvalue weighted by Crippen LogP contribution is 2.35. The molecule has 1 N–H and O–H groups in total. The molecule has 2 heterocycles. The maximum Gasteiger partial charge on any atom is 0.138 e. The molecule has 98 valence electrons. The number of rotatable bonds is 5. The lowest BCUT2D eigenvalue weighted by molar-refractivity contribution is 0.523. The average Bonchev–Trinajstić information content (AvgIpc) is 2.85. The summed E-state index contributed by atoms with van der Waals surface area (Å²) in [6, 6.07) is 2.02. The molecular weight excluding hydrogens is 291 g/mol. The second kappa shape index (κ2) is 6.02. The predicted molar refractivity (Wildman–Crippen MR) is 75.5 cm³/mol. The largest absolute Gasteiger partial charge is 0.310 e. The Bertz CT molecular complexity index is 523. The van der Waals surface area contributed by atoms with Crippen molar-refractivity contribution >= 4 is 34.5 Å². The van der Waals surface area contributed by atoms with Gasteiger partial charge >= 0.3 is 0 Å². The van der Waals surface area contributed by atoms with Crippen molar-refractivity contribution in [3.8, 4) is 0 Å². The van der Waals surface area contributed by atoms with Crippen LogP contribution in [-0.2, 0) is 13.5 Å². The van der Waals surface area contributed by atoms with Gasteiger partial charge in [-0.2, -0.15) is 5.10 Å². The van der Waals surface area contributed by atoms with E-state index in [1.807, 2.05) is 13.1 Å². The molecule has 7 heteroatoms. The van der Waals surface area contributed by atoms with Crippen LogP contribution >= 0.6 is 34.5 Å². The molecule has 0 spiro atoms. The van der Waals surface area contributed by atoms with Gasteiger partial charge in [0.05, 0.1) is 8.67 Å². The third kappa shape index (κ3) is 3.03. The topological polar surface area (TPSA) is 42.7 Å². The van der Waals surface area contributed by atoms with E-state index in [0.29, 0.717) is 4.34 Å². The van der Waals surface area contributed by atoms with Crippen LogP contribution in [0.1, 0.15) is 24.4 Å². The molecule has 2 aromatic rings. The highest BCUT2D eigenvalue weighted by Gasteiger charge is 2.19. The molecule has 0 aliphatic carbocycles. The normalized spacial score (nSPS) is 12.9. The molecule has 0 bridgehead atoms. The van der Waals surface area contributed by atoms with Crippen LogP contribution in [-0.4, -0.2) is 21.3 Å². The fourth-order valence-corrected chi connectivity index (χ4v) is 3.40. The summed E-state index contributed by atoms with van der Waals surface area (Å²) >= 11 is 13.6. The first-order valence-corrected chi connectivity index (χ1v) is 7.20. The molecule has 0 fully saturated rings. The monoisotopic (exact) mass is 304 g/mol. The van der Waals surface area contributed by atoms with Crippen LogP contribution in [0.2, 0.25) is 8.67 Å². The summed E-state index contributed by atoms with van der Waals surface area (Å²) in [4.78, 5) is 4.24. The van der Waals surface area contributed by atoms with Gasteiger partial charge < -0.3 is 5.32 Å². The summed E-state index contributed by atoms with van der Waals surface area (Å²) in [7, 11) is 1.88. The molecule has 2 aromatic heterocycles. The van der Waals surface area contributed by atoms with E-state index in [2.05, 4.69) is 22.3 Å². The van der Waals surface area contributed by atoms with Gasteiger partial charge in [0.15, 0.2) is 0 Å². The molecule has 4 nitrogen and oxygen atoms in total. The second-order valence-corrected chi connectivity index (χ2v) is 6.18. The van der Waals surface area contributed by atoms with Crippen LogP contribution in [0, 0.1) is 0 Å². The van der Waals surface area contributed by atoms with E-state index < -0.39 is 0 Å². The van der Waals surface area contributed by atoms with Gasteiger partial charge in [-0.3, -0.25) is 4.68 Å². The minimum absolute atomic E-state index is 0.106. The number of aromatic nitrogens is 3. The maximum atomic E-state index is 6.21. The first-order valence-electron chi connectivity index (χ1n) is 5.62. The van der Waals surface area contributed by atoms with E-state index >= 15 is 0 Å². The highest BCUT2D eigenvalue weighted by molar-refractivity contribution is 7.20. The summed E-state index contributed by atoms with van der Waals surface area (Å²) in [6.45, 7) is 2.91. The molecule has 0 saturated carbocycles. The minimum Gasteiger partial charge on any atom is -0.310 e. The summed E-state index contributed by atoms with van der Waals surface area (Å²) < 4.78 is 3.20. The lowest BCUT2D eigenvalue weighted by atomic mass is 10.1. The van der Waals surface area contributed by atoms with E-state index in [1.54, 1.807) is 11.0 Å². The quantitative estimate of drug-likeness (QED) is 0.923. The fourth-order valence-electron chi connectivity index (χ4n) is 1.82. The Morgan fingerprint density at radius 1 is 1.50 bits per heavy atom. The molecule has 0 aliphatic rings. The van der Waals surface area contributed by atoms with E-state index in [0.717, 1.165) is 28.7 Å². The number of hydrogen-bond donors (Lipinski definition) is 1. The van der Waals surface area contributed by atoms with E-state index in [1.165, 1.54) is 11.3 Å². The van der Waals surface area contributed by atoms with Gasteiger partial charge in [0, 0.05) is 25.1 Å².